The molecule has 0 saturated heterocycles. The fourth-order valence-corrected chi connectivity index (χ4v) is 9.48. The fourth-order valence-electron chi connectivity index (χ4n) is 9.48. The first-order valence-corrected chi connectivity index (χ1v) is 23.8. The minimum absolute atomic E-state index is 0.202. The zero-order valence-electron chi connectivity index (χ0n) is 39.2. The molecule has 348 valence electrons. The molecule has 0 N–H and O–H groups in total. The van der Waals surface area contributed by atoms with Crippen LogP contribution in [0.25, 0.3) is 24.3 Å². The Kier molecular flexibility index (Phi) is 14.9. The predicted octanol–water partition coefficient (Wildman–Crippen LogP) is 14.2. The molecular weight excluding hydrogens is 889 g/mol. The van der Waals surface area contributed by atoms with Gasteiger partial charge >= 0.3 is 0 Å². The van der Waals surface area contributed by atoms with Crippen LogP contribution in [0.5, 0.6) is 0 Å². The standard InChI is InChI=1S/C66H48O6/c67-57(49-19-7-1-8-20-49)35-31-45-39-46(32-36-58(68)50-21-9-2-10-22-50)42-55(41-45)61-62(64(66(72)54-29-17-6-18-30-54)63(61)65(71)53-27-15-5-16-28-53)56-43-47(33-37-59(69)51-23-11-3-12-24-51)40-48(44-56)34-38-60(70)52-25-13-4-14-26-52/h1-44,61-64H/b35-31+,36-32+,37-33+,38-34+/t61-,62-,63+,64+/m0/s1. The van der Waals surface area contributed by atoms with Crippen molar-refractivity contribution in [2.24, 2.45) is 11.8 Å². The fraction of sp³-hybridized carbons (Fsp3) is 0.0606. The third kappa shape index (κ3) is 11.3. The van der Waals surface area contributed by atoms with Crippen molar-refractivity contribution in [1.29, 1.82) is 0 Å². The van der Waals surface area contributed by atoms with E-state index in [1.807, 2.05) is 72.8 Å². The normalized spacial score (nSPS) is 16.4. The number of carbonyl (C=O) groups excluding carboxylic acids is 6. The van der Waals surface area contributed by atoms with Crippen LogP contribution in [0.4, 0.5) is 0 Å². The van der Waals surface area contributed by atoms with Gasteiger partial charge in [0.2, 0.25) is 0 Å². The number of benzene rings is 8. The van der Waals surface area contributed by atoms with E-state index in [2.05, 4.69) is 0 Å². The monoisotopic (exact) mass is 936 g/mol. The molecular formula is C66H48O6. The Morgan fingerprint density at radius 2 is 0.472 bits per heavy atom. The molecule has 0 heterocycles. The molecule has 8 aromatic carbocycles. The second kappa shape index (κ2) is 22.4. The Labute approximate surface area is 419 Å². The zero-order chi connectivity index (χ0) is 49.8. The number of carbonyl (C=O) groups is 6. The molecule has 72 heavy (non-hydrogen) atoms. The van der Waals surface area contributed by atoms with Crippen molar-refractivity contribution in [3.63, 3.8) is 0 Å². The topological polar surface area (TPSA) is 102 Å². The van der Waals surface area contributed by atoms with Gasteiger partial charge < -0.3 is 0 Å². The number of allylic oxidation sites excluding steroid dienone is 4. The maximum Gasteiger partial charge on any atom is 0.185 e. The van der Waals surface area contributed by atoms with E-state index in [0.717, 1.165) is 0 Å². The second-order valence-corrected chi connectivity index (χ2v) is 17.7. The lowest BCUT2D eigenvalue weighted by Crippen LogP contribution is -2.51. The van der Waals surface area contributed by atoms with Gasteiger partial charge in [-0.1, -0.05) is 231 Å². The Bertz CT molecular complexity index is 3000. The van der Waals surface area contributed by atoms with Crippen molar-refractivity contribution in [1.82, 2.24) is 0 Å². The van der Waals surface area contributed by atoms with Gasteiger partial charge in [0.15, 0.2) is 34.7 Å². The van der Waals surface area contributed by atoms with Gasteiger partial charge in [-0.15, -0.1) is 0 Å². The first kappa shape index (κ1) is 47.8. The first-order valence-electron chi connectivity index (χ1n) is 23.8. The van der Waals surface area contributed by atoms with Crippen LogP contribution in [-0.4, -0.2) is 34.7 Å². The summed E-state index contributed by atoms with van der Waals surface area (Å²) in [4.78, 5) is 84.4. The van der Waals surface area contributed by atoms with Gasteiger partial charge in [-0.2, -0.15) is 0 Å². The van der Waals surface area contributed by atoms with E-state index in [0.29, 0.717) is 66.8 Å². The first-order chi connectivity index (χ1) is 35.2. The molecule has 4 atom stereocenters. The quantitative estimate of drug-likeness (QED) is 0.0627. The summed E-state index contributed by atoms with van der Waals surface area (Å²) in [5.74, 6) is -4.21. The van der Waals surface area contributed by atoms with E-state index in [-0.39, 0.29) is 34.7 Å². The summed E-state index contributed by atoms with van der Waals surface area (Å²) in [6.07, 6.45) is 12.9. The molecule has 1 aliphatic rings. The zero-order valence-corrected chi connectivity index (χ0v) is 39.2. The molecule has 0 unspecified atom stereocenters. The smallest absolute Gasteiger partial charge is 0.185 e. The largest absolute Gasteiger partial charge is 0.294 e. The van der Waals surface area contributed by atoms with E-state index >= 15 is 9.59 Å². The lowest BCUT2D eigenvalue weighted by Gasteiger charge is -2.51. The van der Waals surface area contributed by atoms with Crippen LogP contribution in [0, 0.1) is 11.8 Å². The molecule has 0 bridgehead atoms. The van der Waals surface area contributed by atoms with Gasteiger partial charge in [0.05, 0.1) is 0 Å². The summed E-state index contributed by atoms with van der Waals surface area (Å²) >= 11 is 0. The number of ketones is 6. The molecule has 1 fully saturated rings. The highest BCUT2D eigenvalue weighted by Crippen LogP contribution is 2.60. The average Bonchev–Trinajstić information content (AvgIpc) is 3.43. The number of hydrogen-bond acceptors (Lipinski definition) is 6. The molecule has 1 aliphatic carbocycles. The number of rotatable bonds is 18. The molecule has 0 aliphatic heterocycles. The molecule has 6 nitrogen and oxygen atoms in total. The Morgan fingerprint density at radius 3 is 0.694 bits per heavy atom. The molecule has 0 amide bonds. The predicted molar refractivity (Wildman–Crippen MR) is 286 cm³/mol. The summed E-state index contributed by atoms with van der Waals surface area (Å²) < 4.78 is 0. The average molecular weight is 937 g/mol. The Hall–Kier alpha value is -9.26. The van der Waals surface area contributed by atoms with Crippen molar-refractivity contribution >= 4 is 59.0 Å². The molecule has 0 spiro atoms. The Morgan fingerprint density at radius 1 is 0.264 bits per heavy atom. The van der Waals surface area contributed by atoms with E-state index in [9.17, 15) is 19.2 Å². The van der Waals surface area contributed by atoms with Crippen molar-refractivity contribution in [3.8, 4) is 0 Å². The number of Topliss-reactive ketones (excluding diaryl/α,β-unsaturated/α-hetero) is 2. The van der Waals surface area contributed by atoms with Crippen molar-refractivity contribution < 1.29 is 28.8 Å². The molecule has 0 aromatic heterocycles. The van der Waals surface area contributed by atoms with Crippen molar-refractivity contribution in [3.05, 3.63) is 309 Å². The highest BCUT2D eigenvalue weighted by molar-refractivity contribution is 6.10. The molecule has 9 rings (SSSR count). The van der Waals surface area contributed by atoms with Crippen LogP contribution in [-0.2, 0) is 0 Å². The van der Waals surface area contributed by atoms with Gasteiger partial charge in [-0.3, -0.25) is 28.8 Å². The van der Waals surface area contributed by atoms with Gasteiger partial charge in [0, 0.05) is 57.1 Å². The summed E-state index contributed by atoms with van der Waals surface area (Å²) in [6, 6.07) is 65.2. The minimum Gasteiger partial charge on any atom is -0.294 e. The molecule has 1 saturated carbocycles. The SMILES string of the molecule is O=C(/C=C/c1cc(/C=C/C(=O)c2ccccc2)cc([C@@H]2[C@@H](C(=O)c3ccccc3)[C@H](C(=O)c3ccccc3)[C@H]2c2cc(/C=C/C(=O)c3ccccc3)cc(/C=C/C(=O)c3ccccc3)c2)c1)c1ccccc1. The molecule has 8 aromatic rings. The lowest BCUT2D eigenvalue weighted by molar-refractivity contribution is 0.0456. The van der Waals surface area contributed by atoms with Gasteiger partial charge in [-0.25, -0.2) is 0 Å². The number of hydrogen-bond donors (Lipinski definition) is 0. The second-order valence-electron chi connectivity index (χ2n) is 17.7. The van der Waals surface area contributed by atoms with Crippen molar-refractivity contribution in [2.45, 2.75) is 11.8 Å². The Balaban J connectivity index is 1.23. The van der Waals surface area contributed by atoms with Crippen LogP contribution in [0.15, 0.2) is 243 Å². The van der Waals surface area contributed by atoms with E-state index in [1.54, 1.807) is 170 Å². The summed E-state index contributed by atoms with van der Waals surface area (Å²) in [7, 11) is 0. The van der Waals surface area contributed by atoms with Crippen molar-refractivity contribution in [2.75, 3.05) is 0 Å². The summed E-state index contributed by atoms with van der Waals surface area (Å²) in [5.41, 5.74) is 6.97. The van der Waals surface area contributed by atoms with Gasteiger partial charge in [0.25, 0.3) is 0 Å². The third-order valence-corrected chi connectivity index (χ3v) is 13.0. The molecule has 6 heteroatoms. The van der Waals surface area contributed by atoms with Crippen LogP contribution in [0.3, 0.4) is 0 Å². The highest BCUT2D eigenvalue weighted by Gasteiger charge is 2.58. The van der Waals surface area contributed by atoms with E-state index in [4.69, 9.17) is 0 Å². The highest BCUT2D eigenvalue weighted by atomic mass is 16.1. The van der Waals surface area contributed by atoms with Crippen LogP contribution in [0.2, 0.25) is 0 Å². The van der Waals surface area contributed by atoms with E-state index in [1.165, 1.54) is 24.3 Å². The van der Waals surface area contributed by atoms with Gasteiger partial charge in [0.1, 0.15) is 0 Å². The van der Waals surface area contributed by atoms with Crippen LogP contribution in [0.1, 0.15) is 107 Å². The van der Waals surface area contributed by atoms with E-state index < -0.39 is 23.7 Å². The summed E-state index contributed by atoms with van der Waals surface area (Å²) in [6.45, 7) is 0. The van der Waals surface area contributed by atoms with Gasteiger partial charge in [-0.05, 0) is 69.8 Å². The third-order valence-electron chi connectivity index (χ3n) is 13.0. The minimum atomic E-state index is -0.865. The maximum absolute atomic E-state index is 15.2. The molecule has 0 radical (unpaired) electrons. The maximum atomic E-state index is 15.2. The summed E-state index contributed by atoms with van der Waals surface area (Å²) in [5, 5.41) is 0. The van der Waals surface area contributed by atoms with Crippen LogP contribution < -0.4 is 0 Å². The lowest BCUT2D eigenvalue weighted by atomic mass is 9.49. The van der Waals surface area contributed by atoms with Crippen LogP contribution >= 0.6 is 0 Å².